The molecule has 1 unspecified atom stereocenters. The van der Waals surface area contributed by atoms with E-state index in [0.29, 0.717) is 18.5 Å². The first kappa shape index (κ1) is 15.7. The van der Waals surface area contributed by atoms with Crippen LogP contribution in [0.15, 0.2) is 12.1 Å². The van der Waals surface area contributed by atoms with E-state index >= 15 is 0 Å². The van der Waals surface area contributed by atoms with Crippen LogP contribution in [0, 0.1) is 17.6 Å². The molecule has 1 atom stereocenters. The number of benzene rings is 1. The number of halogens is 2. The summed E-state index contributed by atoms with van der Waals surface area (Å²) in [4.78, 5) is 13.1. The Morgan fingerprint density at radius 2 is 2.05 bits per heavy atom. The van der Waals surface area contributed by atoms with Gasteiger partial charge >= 0.3 is 5.97 Å². The molecule has 2 N–H and O–H groups in total. The highest BCUT2D eigenvalue weighted by Gasteiger charge is 2.24. The number of carbonyl (C=O) groups is 1. The zero-order valence-corrected chi connectivity index (χ0v) is 12.2. The quantitative estimate of drug-likeness (QED) is 0.877. The van der Waals surface area contributed by atoms with E-state index in [0.717, 1.165) is 31.6 Å². The molecule has 1 aromatic rings. The molecule has 6 heteroatoms. The van der Waals surface area contributed by atoms with Crippen LogP contribution in [0.3, 0.4) is 0 Å². The lowest BCUT2D eigenvalue weighted by Gasteiger charge is -2.20. The molecule has 1 aromatic carbocycles. The van der Waals surface area contributed by atoms with Gasteiger partial charge in [-0.05, 0) is 44.9 Å². The second kappa shape index (κ2) is 6.39. The van der Waals surface area contributed by atoms with Gasteiger partial charge in [-0.1, -0.05) is 0 Å². The maximum absolute atomic E-state index is 13.8. The number of carboxylic acid groups (broad SMARTS) is 1. The summed E-state index contributed by atoms with van der Waals surface area (Å²) in [5.41, 5.74) is -0.634. The van der Waals surface area contributed by atoms with Gasteiger partial charge in [-0.15, -0.1) is 0 Å². The van der Waals surface area contributed by atoms with Crippen molar-refractivity contribution in [3.63, 3.8) is 0 Å². The van der Waals surface area contributed by atoms with Crippen molar-refractivity contribution in [2.24, 2.45) is 5.92 Å². The predicted molar refractivity (Wildman–Crippen MR) is 76.6 cm³/mol. The maximum atomic E-state index is 13.8. The van der Waals surface area contributed by atoms with Crippen molar-refractivity contribution in [3.8, 4) is 0 Å². The van der Waals surface area contributed by atoms with E-state index < -0.39 is 17.6 Å². The number of rotatable bonds is 5. The Morgan fingerprint density at radius 1 is 1.43 bits per heavy atom. The van der Waals surface area contributed by atoms with Crippen molar-refractivity contribution in [1.82, 2.24) is 4.90 Å². The smallest absolute Gasteiger partial charge is 0.335 e. The Labute approximate surface area is 122 Å². The minimum Gasteiger partial charge on any atom is -0.478 e. The highest BCUT2D eigenvalue weighted by Crippen LogP contribution is 2.23. The minimum absolute atomic E-state index is 0.247. The summed E-state index contributed by atoms with van der Waals surface area (Å²) >= 11 is 0. The molecule has 0 bridgehead atoms. The van der Waals surface area contributed by atoms with Crippen molar-refractivity contribution in [3.05, 3.63) is 29.3 Å². The Hall–Kier alpha value is -1.69. The van der Waals surface area contributed by atoms with Gasteiger partial charge in [0.15, 0.2) is 0 Å². The fourth-order valence-electron chi connectivity index (χ4n) is 2.61. The highest BCUT2D eigenvalue weighted by molar-refractivity contribution is 5.88. The summed E-state index contributed by atoms with van der Waals surface area (Å²) in [6.45, 7) is 6.62. The molecule has 1 aliphatic rings. The molecule has 1 aliphatic heterocycles. The molecular weight excluding hydrogens is 278 g/mol. The van der Waals surface area contributed by atoms with Gasteiger partial charge in [-0.25, -0.2) is 13.6 Å². The standard InChI is InChI=1S/C15H20F2N2O2/c1-9(2)19-4-3-10(8-19)7-18-14-12(16)5-11(15(20)21)6-13(14)17/h5-6,9-10,18H,3-4,7-8H2,1-2H3,(H,20,21). The Balaban J connectivity index is 1.99. The molecule has 1 saturated heterocycles. The molecule has 2 rings (SSSR count). The van der Waals surface area contributed by atoms with Crippen LogP contribution < -0.4 is 5.32 Å². The van der Waals surface area contributed by atoms with E-state index in [1.807, 2.05) is 0 Å². The number of anilines is 1. The predicted octanol–water partition coefficient (Wildman–Crippen LogP) is 2.81. The first-order valence-electron chi connectivity index (χ1n) is 7.08. The molecule has 116 valence electrons. The number of hydrogen-bond donors (Lipinski definition) is 2. The number of likely N-dealkylation sites (tertiary alicyclic amines) is 1. The first-order valence-corrected chi connectivity index (χ1v) is 7.08. The lowest BCUT2D eigenvalue weighted by molar-refractivity contribution is 0.0696. The molecule has 1 fully saturated rings. The van der Waals surface area contributed by atoms with Crippen molar-refractivity contribution in [2.75, 3.05) is 25.0 Å². The Kier molecular flexibility index (Phi) is 4.77. The van der Waals surface area contributed by atoms with E-state index in [-0.39, 0.29) is 11.3 Å². The van der Waals surface area contributed by atoms with Crippen LogP contribution >= 0.6 is 0 Å². The summed E-state index contributed by atoms with van der Waals surface area (Å²) in [5, 5.41) is 11.5. The monoisotopic (exact) mass is 298 g/mol. The van der Waals surface area contributed by atoms with Gasteiger partial charge < -0.3 is 15.3 Å². The van der Waals surface area contributed by atoms with E-state index in [4.69, 9.17) is 5.11 Å². The topological polar surface area (TPSA) is 52.6 Å². The van der Waals surface area contributed by atoms with Crippen molar-refractivity contribution in [1.29, 1.82) is 0 Å². The minimum atomic E-state index is -1.34. The second-order valence-corrected chi connectivity index (χ2v) is 5.74. The van der Waals surface area contributed by atoms with Crippen LogP contribution in [0.4, 0.5) is 14.5 Å². The fourth-order valence-corrected chi connectivity index (χ4v) is 2.61. The van der Waals surface area contributed by atoms with Gasteiger partial charge in [0.2, 0.25) is 0 Å². The third-order valence-corrected chi connectivity index (χ3v) is 3.90. The average molecular weight is 298 g/mol. The zero-order valence-electron chi connectivity index (χ0n) is 12.2. The van der Waals surface area contributed by atoms with E-state index in [1.165, 1.54) is 0 Å². The summed E-state index contributed by atoms with van der Waals surface area (Å²) in [5.74, 6) is -2.75. The van der Waals surface area contributed by atoms with Crippen LogP contribution in [0.1, 0.15) is 30.6 Å². The van der Waals surface area contributed by atoms with Crippen LogP contribution in [0.5, 0.6) is 0 Å². The molecule has 1 heterocycles. The molecule has 0 radical (unpaired) electrons. The van der Waals surface area contributed by atoms with Gasteiger partial charge in [-0.2, -0.15) is 0 Å². The zero-order chi connectivity index (χ0) is 15.6. The summed E-state index contributed by atoms with van der Waals surface area (Å²) < 4.78 is 27.5. The Morgan fingerprint density at radius 3 is 2.52 bits per heavy atom. The second-order valence-electron chi connectivity index (χ2n) is 5.74. The largest absolute Gasteiger partial charge is 0.478 e. The van der Waals surface area contributed by atoms with E-state index in [2.05, 4.69) is 24.1 Å². The number of carboxylic acids is 1. The van der Waals surface area contributed by atoms with Crippen LogP contribution in [-0.2, 0) is 0 Å². The van der Waals surface area contributed by atoms with Crippen molar-refractivity contribution in [2.45, 2.75) is 26.3 Å². The molecule has 0 aliphatic carbocycles. The van der Waals surface area contributed by atoms with Crippen molar-refractivity contribution < 1.29 is 18.7 Å². The Bertz CT molecular complexity index is 511. The summed E-state index contributed by atoms with van der Waals surface area (Å²) in [6, 6.07) is 2.14. The highest BCUT2D eigenvalue weighted by atomic mass is 19.1. The first-order chi connectivity index (χ1) is 9.88. The van der Waals surface area contributed by atoms with Gasteiger partial charge in [-0.3, -0.25) is 0 Å². The molecule has 0 spiro atoms. The SMILES string of the molecule is CC(C)N1CCC(CNc2c(F)cc(C(=O)O)cc2F)C1. The van der Waals surface area contributed by atoms with Crippen molar-refractivity contribution >= 4 is 11.7 Å². The summed E-state index contributed by atoms with van der Waals surface area (Å²) in [7, 11) is 0. The van der Waals surface area contributed by atoms with E-state index in [1.54, 1.807) is 0 Å². The third kappa shape index (κ3) is 3.69. The van der Waals surface area contributed by atoms with Crippen LogP contribution in [-0.4, -0.2) is 41.7 Å². The van der Waals surface area contributed by atoms with Crippen LogP contribution in [0.25, 0.3) is 0 Å². The van der Waals surface area contributed by atoms with Gasteiger partial charge in [0.05, 0.1) is 5.56 Å². The molecular formula is C15H20F2N2O2. The van der Waals surface area contributed by atoms with Gasteiger partial charge in [0, 0.05) is 19.1 Å². The molecule has 0 amide bonds. The lowest BCUT2D eigenvalue weighted by Crippen LogP contribution is -2.29. The molecule has 21 heavy (non-hydrogen) atoms. The van der Waals surface area contributed by atoms with Gasteiger partial charge in [0.1, 0.15) is 17.3 Å². The van der Waals surface area contributed by atoms with Crippen LogP contribution in [0.2, 0.25) is 0 Å². The normalized spacial score (nSPS) is 19.2. The molecule has 0 saturated carbocycles. The molecule has 4 nitrogen and oxygen atoms in total. The number of hydrogen-bond acceptors (Lipinski definition) is 3. The number of nitrogens with one attached hydrogen (secondary N) is 1. The van der Waals surface area contributed by atoms with Gasteiger partial charge in [0.25, 0.3) is 0 Å². The number of aromatic carboxylic acids is 1. The average Bonchev–Trinajstić information content (AvgIpc) is 2.86. The maximum Gasteiger partial charge on any atom is 0.335 e. The number of nitrogens with zero attached hydrogens (tertiary/aromatic N) is 1. The fraction of sp³-hybridized carbons (Fsp3) is 0.533. The van der Waals surface area contributed by atoms with E-state index in [9.17, 15) is 13.6 Å². The third-order valence-electron chi connectivity index (χ3n) is 3.90. The molecule has 0 aromatic heterocycles. The lowest BCUT2D eigenvalue weighted by atomic mass is 10.1. The summed E-state index contributed by atoms with van der Waals surface area (Å²) in [6.07, 6.45) is 0.988.